The predicted octanol–water partition coefficient (Wildman–Crippen LogP) is 4.27. The Hall–Kier alpha value is -1.75. The molecule has 1 amide bonds. The van der Waals surface area contributed by atoms with E-state index in [9.17, 15) is 4.79 Å². The molecule has 1 aliphatic rings. The van der Waals surface area contributed by atoms with E-state index in [2.05, 4.69) is 5.32 Å². The number of benzene rings is 2. The maximum absolute atomic E-state index is 12.4. The second-order valence-corrected chi connectivity index (χ2v) is 7.09. The lowest BCUT2D eigenvalue weighted by atomic mass is 9.97. The molecular weight excluding hydrogens is 383 g/mol. The molecule has 146 valence electrons. The molecule has 2 aromatic rings. The van der Waals surface area contributed by atoms with Crippen molar-refractivity contribution < 1.29 is 9.53 Å². The molecule has 0 unspecified atom stereocenters. The van der Waals surface area contributed by atoms with Crippen molar-refractivity contribution in [1.82, 2.24) is 10.2 Å². The standard InChI is InChI=1S/C21H25ClN2O2.ClH/c1-23-14-16-9-11-24(12-10-16)21(25)15-26-20-8-7-18(13-19(20)22)17-5-3-2-4-6-17;/h2-8,13,16,23H,9-12,14-15H2,1H3;1H. The molecule has 0 aromatic heterocycles. The van der Waals surface area contributed by atoms with E-state index in [1.54, 1.807) is 0 Å². The molecule has 0 atom stereocenters. The van der Waals surface area contributed by atoms with Crippen molar-refractivity contribution in [2.24, 2.45) is 5.92 Å². The van der Waals surface area contributed by atoms with Crippen molar-refractivity contribution in [2.45, 2.75) is 12.8 Å². The molecule has 27 heavy (non-hydrogen) atoms. The van der Waals surface area contributed by atoms with Gasteiger partial charge in [0.05, 0.1) is 5.02 Å². The minimum absolute atomic E-state index is 0. The summed E-state index contributed by atoms with van der Waals surface area (Å²) in [4.78, 5) is 14.3. The second kappa shape index (κ2) is 10.5. The molecule has 1 N–H and O–H groups in total. The van der Waals surface area contributed by atoms with Crippen LogP contribution in [0.5, 0.6) is 5.75 Å². The van der Waals surface area contributed by atoms with E-state index < -0.39 is 0 Å². The minimum atomic E-state index is 0. The van der Waals surface area contributed by atoms with E-state index in [1.165, 1.54) is 0 Å². The van der Waals surface area contributed by atoms with E-state index >= 15 is 0 Å². The van der Waals surface area contributed by atoms with Crippen LogP contribution >= 0.6 is 24.0 Å². The Kier molecular flexibility index (Phi) is 8.42. The summed E-state index contributed by atoms with van der Waals surface area (Å²) in [5.41, 5.74) is 2.13. The van der Waals surface area contributed by atoms with Gasteiger partial charge in [0, 0.05) is 13.1 Å². The summed E-state index contributed by atoms with van der Waals surface area (Å²) in [5.74, 6) is 1.23. The molecule has 0 bridgehead atoms. The Balaban J connectivity index is 0.00000261. The number of piperidine rings is 1. The molecule has 1 fully saturated rings. The number of amides is 1. The monoisotopic (exact) mass is 408 g/mol. The molecule has 6 heteroatoms. The van der Waals surface area contributed by atoms with Crippen molar-refractivity contribution in [1.29, 1.82) is 0 Å². The molecular formula is C21H26Cl2N2O2. The van der Waals surface area contributed by atoms with E-state index in [0.29, 0.717) is 16.7 Å². The fraction of sp³-hybridized carbons (Fsp3) is 0.381. The van der Waals surface area contributed by atoms with Gasteiger partial charge in [0.1, 0.15) is 5.75 Å². The quantitative estimate of drug-likeness (QED) is 0.775. The van der Waals surface area contributed by atoms with Crippen LogP contribution in [0.15, 0.2) is 48.5 Å². The van der Waals surface area contributed by atoms with Crippen LogP contribution in [-0.2, 0) is 4.79 Å². The van der Waals surface area contributed by atoms with E-state index in [4.69, 9.17) is 16.3 Å². The number of carbonyl (C=O) groups excluding carboxylic acids is 1. The first-order valence-electron chi connectivity index (χ1n) is 9.07. The zero-order chi connectivity index (χ0) is 18.4. The van der Waals surface area contributed by atoms with Gasteiger partial charge in [-0.2, -0.15) is 0 Å². The summed E-state index contributed by atoms with van der Waals surface area (Å²) in [6.45, 7) is 2.65. The Morgan fingerprint density at radius 3 is 2.48 bits per heavy atom. The predicted molar refractivity (Wildman–Crippen MR) is 113 cm³/mol. The van der Waals surface area contributed by atoms with Gasteiger partial charge in [-0.1, -0.05) is 48.0 Å². The van der Waals surface area contributed by atoms with Crippen LogP contribution in [0.25, 0.3) is 11.1 Å². The van der Waals surface area contributed by atoms with E-state index in [0.717, 1.165) is 43.6 Å². The number of likely N-dealkylation sites (tertiary alicyclic amines) is 1. The summed E-state index contributed by atoms with van der Waals surface area (Å²) in [7, 11) is 1.97. The van der Waals surface area contributed by atoms with Gasteiger partial charge < -0.3 is 15.0 Å². The lowest BCUT2D eigenvalue weighted by Gasteiger charge is -2.31. The minimum Gasteiger partial charge on any atom is -0.482 e. The van der Waals surface area contributed by atoms with Gasteiger partial charge in [0.25, 0.3) is 5.91 Å². The van der Waals surface area contributed by atoms with Crippen molar-refractivity contribution >= 4 is 29.9 Å². The lowest BCUT2D eigenvalue weighted by molar-refractivity contribution is -0.134. The average molecular weight is 409 g/mol. The molecule has 2 aromatic carbocycles. The van der Waals surface area contributed by atoms with E-state index in [-0.39, 0.29) is 24.9 Å². The summed E-state index contributed by atoms with van der Waals surface area (Å²) in [6, 6.07) is 15.7. The maximum Gasteiger partial charge on any atom is 0.260 e. The second-order valence-electron chi connectivity index (χ2n) is 6.68. The highest BCUT2D eigenvalue weighted by molar-refractivity contribution is 6.32. The molecule has 0 radical (unpaired) electrons. The van der Waals surface area contributed by atoms with Crippen LogP contribution < -0.4 is 10.1 Å². The molecule has 0 saturated carbocycles. The number of nitrogens with one attached hydrogen (secondary N) is 1. The number of hydrogen-bond acceptors (Lipinski definition) is 3. The van der Waals surface area contributed by atoms with Gasteiger partial charge >= 0.3 is 0 Å². The highest BCUT2D eigenvalue weighted by Gasteiger charge is 2.22. The summed E-state index contributed by atoms with van der Waals surface area (Å²) in [6.07, 6.45) is 2.08. The molecule has 1 aliphatic heterocycles. The zero-order valence-corrected chi connectivity index (χ0v) is 17.1. The molecule has 3 rings (SSSR count). The lowest BCUT2D eigenvalue weighted by Crippen LogP contribution is -2.42. The summed E-state index contributed by atoms with van der Waals surface area (Å²) in [5, 5.41) is 3.73. The third kappa shape index (κ3) is 5.86. The van der Waals surface area contributed by atoms with Crippen LogP contribution in [0.3, 0.4) is 0 Å². The van der Waals surface area contributed by atoms with Crippen LogP contribution in [0, 0.1) is 5.92 Å². The molecule has 0 spiro atoms. The smallest absolute Gasteiger partial charge is 0.260 e. The summed E-state index contributed by atoms with van der Waals surface area (Å²) >= 11 is 6.35. The third-order valence-electron chi connectivity index (χ3n) is 4.85. The molecule has 1 heterocycles. The third-order valence-corrected chi connectivity index (χ3v) is 5.15. The number of halogens is 2. The van der Waals surface area contributed by atoms with Crippen LogP contribution in [0.1, 0.15) is 12.8 Å². The largest absolute Gasteiger partial charge is 0.482 e. The maximum atomic E-state index is 12.4. The van der Waals surface area contributed by atoms with Crippen molar-refractivity contribution in [3.8, 4) is 16.9 Å². The zero-order valence-electron chi connectivity index (χ0n) is 15.5. The molecule has 0 aliphatic carbocycles. The Bertz CT molecular complexity index is 732. The first kappa shape index (κ1) is 21.5. The van der Waals surface area contributed by atoms with Gasteiger partial charge in [-0.15, -0.1) is 12.4 Å². The van der Waals surface area contributed by atoms with Gasteiger partial charge in [-0.05, 0) is 55.6 Å². The van der Waals surface area contributed by atoms with E-state index in [1.807, 2.05) is 60.5 Å². The van der Waals surface area contributed by atoms with Gasteiger partial charge in [-0.3, -0.25) is 4.79 Å². The number of rotatable bonds is 6. The first-order chi connectivity index (χ1) is 12.7. The van der Waals surface area contributed by atoms with Crippen LogP contribution in [-0.4, -0.2) is 44.1 Å². The van der Waals surface area contributed by atoms with Gasteiger partial charge in [-0.25, -0.2) is 0 Å². The Labute approximate surface area is 172 Å². The topological polar surface area (TPSA) is 41.6 Å². The van der Waals surface area contributed by atoms with Gasteiger partial charge in [0.2, 0.25) is 0 Å². The van der Waals surface area contributed by atoms with Crippen LogP contribution in [0.2, 0.25) is 5.02 Å². The fourth-order valence-electron chi connectivity index (χ4n) is 3.33. The Morgan fingerprint density at radius 1 is 1.15 bits per heavy atom. The molecule has 4 nitrogen and oxygen atoms in total. The van der Waals surface area contributed by atoms with Crippen molar-refractivity contribution in [2.75, 3.05) is 33.3 Å². The van der Waals surface area contributed by atoms with Crippen molar-refractivity contribution in [3.63, 3.8) is 0 Å². The number of hydrogen-bond donors (Lipinski definition) is 1. The number of nitrogens with zero attached hydrogens (tertiary/aromatic N) is 1. The highest BCUT2D eigenvalue weighted by Crippen LogP contribution is 2.30. The summed E-state index contributed by atoms with van der Waals surface area (Å²) < 4.78 is 5.68. The average Bonchev–Trinajstić information content (AvgIpc) is 2.68. The number of carbonyl (C=O) groups is 1. The SMILES string of the molecule is CNCC1CCN(C(=O)COc2ccc(-c3ccccc3)cc2Cl)CC1.Cl. The Morgan fingerprint density at radius 2 is 1.85 bits per heavy atom. The fourth-order valence-corrected chi connectivity index (χ4v) is 3.57. The normalized spacial score (nSPS) is 14.5. The van der Waals surface area contributed by atoms with Crippen LogP contribution in [0.4, 0.5) is 0 Å². The highest BCUT2D eigenvalue weighted by atomic mass is 35.5. The van der Waals surface area contributed by atoms with Gasteiger partial charge in [0.15, 0.2) is 6.61 Å². The number of ether oxygens (including phenoxy) is 1. The molecule has 1 saturated heterocycles. The first-order valence-corrected chi connectivity index (χ1v) is 9.45. The van der Waals surface area contributed by atoms with Crippen molar-refractivity contribution in [3.05, 3.63) is 53.6 Å².